The molecule has 2 aromatic carbocycles. The molecule has 1 amide bonds. The maximum atomic E-state index is 14.8. The first-order chi connectivity index (χ1) is 15.0. The van der Waals surface area contributed by atoms with Crippen LogP contribution in [0.2, 0.25) is 5.02 Å². The molecule has 168 valence electrons. The normalized spacial score (nSPS) is 13.5. The van der Waals surface area contributed by atoms with E-state index in [-0.39, 0.29) is 29.1 Å². The van der Waals surface area contributed by atoms with Crippen molar-refractivity contribution in [3.05, 3.63) is 82.5 Å². The molecule has 32 heavy (non-hydrogen) atoms. The topological polar surface area (TPSA) is 62.2 Å². The molecule has 0 saturated carbocycles. The maximum absolute atomic E-state index is 14.8. The van der Waals surface area contributed by atoms with E-state index in [1.165, 1.54) is 18.3 Å². The van der Waals surface area contributed by atoms with Crippen LogP contribution >= 0.6 is 11.6 Å². The van der Waals surface area contributed by atoms with Gasteiger partial charge in [0.15, 0.2) is 0 Å². The van der Waals surface area contributed by atoms with Gasteiger partial charge in [0.25, 0.3) is 0 Å². The highest BCUT2D eigenvalue weighted by Crippen LogP contribution is 2.43. The molecule has 3 rings (SSSR count). The van der Waals surface area contributed by atoms with Gasteiger partial charge in [0, 0.05) is 34.4 Å². The van der Waals surface area contributed by atoms with E-state index in [0.717, 1.165) is 12.1 Å². The minimum atomic E-state index is -1.86. The summed E-state index contributed by atoms with van der Waals surface area (Å²) in [6, 6.07) is 11.5. The van der Waals surface area contributed by atoms with E-state index >= 15 is 0 Å². The number of hydrogen-bond acceptors (Lipinski definition) is 3. The van der Waals surface area contributed by atoms with Crippen molar-refractivity contribution in [3.8, 4) is 11.3 Å². The molecule has 1 unspecified atom stereocenters. The summed E-state index contributed by atoms with van der Waals surface area (Å²) in [5.41, 5.74) is -1.41. The molecule has 4 nitrogen and oxygen atoms in total. The van der Waals surface area contributed by atoms with Crippen molar-refractivity contribution in [3.63, 3.8) is 0 Å². The van der Waals surface area contributed by atoms with Gasteiger partial charge in [-0.3, -0.25) is 9.78 Å². The SMILES string of the molecule is CCC(O)(c1ccc(F)cc1F)c1ccnc(-c2ccccc2Cl)c1NC(=O)C(C)(C)C. The Bertz CT molecular complexity index is 1160. The van der Waals surface area contributed by atoms with E-state index in [1.54, 1.807) is 52.0 Å². The number of halogens is 3. The molecule has 0 radical (unpaired) electrons. The van der Waals surface area contributed by atoms with Gasteiger partial charge in [-0.05, 0) is 30.7 Å². The van der Waals surface area contributed by atoms with Crippen molar-refractivity contribution in [2.75, 3.05) is 5.32 Å². The lowest BCUT2D eigenvalue weighted by atomic mass is 9.82. The standard InChI is InChI=1S/C25H25ClF2N2O2/c1-5-25(32,17-11-10-15(27)14-20(17)28)18-12-13-29-21(16-8-6-7-9-19(16)26)22(18)30-23(31)24(2,3)4/h6-14,32H,5H2,1-4H3,(H,30,31). The molecular weight excluding hydrogens is 434 g/mol. The fourth-order valence-electron chi connectivity index (χ4n) is 3.44. The van der Waals surface area contributed by atoms with Crippen LogP contribution in [0.5, 0.6) is 0 Å². The van der Waals surface area contributed by atoms with Crippen molar-refractivity contribution in [2.24, 2.45) is 5.41 Å². The molecular formula is C25H25ClF2N2O2. The van der Waals surface area contributed by atoms with Crippen LogP contribution in [-0.2, 0) is 10.4 Å². The quantitative estimate of drug-likeness (QED) is 0.471. The van der Waals surface area contributed by atoms with E-state index in [1.807, 2.05) is 0 Å². The third-order valence-corrected chi connectivity index (χ3v) is 5.66. The molecule has 0 fully saturated rings. The summed E-state index contributed by atoms with van der Waals surface area (Å²) < 4.78 is 28.3. The highest BCUT2D eigenvalue weighted by Gasteiger charge is 2.37. The molecule has 1 aromatic heterocycles. The number of aromatic nitrogens is 1. The molecule has 1 atom stereocenters. The number of aliphatic hydroxyl groups is 1. The first-order valence-corrected chi connectivity index (χ1v) is 10.6. The number of nitrogens with one attached hydrogen (secondary N) is 1. The zero-order chi connectivity index (χ0) is 23.7. The highest BCUT2D eigenvalue weighted by molar-refractivity contribution is 6.33. The summed E-state index contributed by atoms with van der Waals surface area (Å²) in [5, 5.41) is 15.0. The molecule has 7 heteroatoms. The summed E-state index contributed by atoms with van der Waals surface area (Å²) in [7, 11) is 0. The Hall–Kier alpha value is -2.83. The lowest BCUT2D eigenvalue weighted by Crippen LogP contribution is -2.33. The fourth-order valence-corrected chi connectivity index (χ4v) is 3.67. The third kappa shape index (κ3) is 4.52. The Morgan fingerprint density at radius 2 is 1.78 bits per heavy atom. The van der Waals surface area contributed by atoms with Gasteiger partial charge in [-0.15, -0.1) is 0 Å². The van der Waals surface area contributed by atoms with Crippen LogP contribution in [0.1, 0.15) is 45.2 Å². The van der Waals surface area contributed by atoms with Crippen LogP contribution in [0.15, 0.2) is 54.7 Å². The van der Waals surface area contributed by atoms with Gasteiger partial charge >= 0.3 is 0 Å². The van der Waals surface area contributed by atoms with Crippen molar-refractivity contribution >= 4 is 23.2 Å². The Morgan fingerprint density at radius 3 is 2.38 bits per heavy atom. The van der Waals surface area contributed by atoms with Gasteiger partial charge in [0.2, 0.25) is 5.91 Å². The zero-order valence-corrected chi connectivity index (χ0v) is 19.1. The van der Waals surface area contributed by atoms with Gasteiger partial charge in [-0.2, -0.15) is 0 Å². The second-order valence-electron chi connectivity index (χ2n) is 8.60. The Labute approximate surface area is 191 Å². The molecule has 0 aliphatic carbocycles. The van der Waals surface area contributed by atoms with E-state index in [4.69, 9.17) is 11.6 Å². The predicted molar refractivity (Wildman–Crippen MR) is 122 cm³/mol. The number of nitrogens with zero attached hydrogens (tertiary/aromatic N) is 1. The number of anilines is 1. The predicted octanol–water partition coefficient (Wildman–Crippen LogP) is 6.31. The lowest BCUT2D eigenvalue weighted by molar-refractivity contribution is -0.123. The average molecular weight is 459 g/mol. The molecule has 0 spiro atoms. The van der Waals surface area contributed by atoms with Gasteiger partial charge < -0.3 is 10.4 Å². The van der Waals surface area contributed by atoms with E-state index in [0.29, 0.717) is 16.3 Å². The van der Waals surface area contributed by atoms with Crippen molar-refractivity contribution in [1.29, 1.82) is 0 Å². The molecule has 0 saturated heterocycles. The van der Waals surface area contributed by atoms with Crippen LogP contribution in [0, 0.1) is 17.0 Å². The number of pyridine rings is 1. The second-order valence-corrected chi connectivity index (χ2v) is 9.01. The summed E-state index contributed by atoms with van der Waals surface area (Å²) in [5.74, 6) is -1.96. The summed E-state index contributed by atoms with van der Waals surface area (Å²) >= 11 is 6.40. The van der Waals surface area contributed by atoms with Gasteiger partial charge in [0.1, 0.15) is 17.2 Å². The van der Waals surface area contributed by atoms with Crippen LogP contribution in [-0.4, -0.2) is 16.0 Å². The smallest absolute Gasteiger partial charge is 0.229 e. The maximum Gasteiger partial charge on any atom is 0.229 e. The van der Waals surface area contributed by atoms with Gasteiger partial charge in [0.05, 0.1) is 16.4 Å². The highest BCUT2D eigenvalue weighted by atomic mass is 35.5. The fraction of sp³-hybridized carbons (Fsp3) is 0.280. The van der Waals surface area contributed by atoms with Gasteiger partial charge in [-0.25, -0.2) is 8.78 Å². The molecule has 0 bridgehead atoms. The molecule has 1 heterocycles. The molecule has 2 N–H and O–H groups in total. The van der Waals surface area contributed by atoms with Crippen molar-refractivity contribution in [1.82, 2.24) is 4.98 Å². The van der Waals surface area contributed by atoms with Gasteiger partial charge in [-0.1, -0.05) is 57.5 Å². The minimum absolute atomic E-state index is 0.0555. The number of carbonyl (C=O) groups excluding carboxylic acids is 1. The number of hydrogen-bond donors (Lipinski definition) is 2. The van der Waals surface area contributed by atoms with Crippen molar-refractivity contribution in [2.45, 2.75) is 39.7 Å². The Balaban J connectivity index is 2.32. The van der Waals surface area contributed by atoms with Crippen LogP contribution < -0.4 is 5.32 Å². The molecule has 0 aliphatic heterocycles. The Morgan fingerprint density at radius 1 is 1.09 bits per heavy atom. The third-order valence-electron chi connectivity index (χ3n) is 5.33. The monoisotopic (exact) mass is 458 g/mol. The number of amides is 1. The molecule has 0 aliphatic rings. The largest absolute Gasteiger partial charge is 0.380 e. The summed E-state index contributed by atoms with van der Waals surface area (Å²) in [4.78, 5) is 17.4. The molecule has 3 aromatic rings. The summed E-state index contributed by atoms with van der Waals surface area (Å²) in [6.07, 6.45) is 1.52. The zero-order valence-electron chi connectivity index (χ0n) is 18.3. The van der Waals surface area contributed by atoms with Crippen LogP contribution in [0.3, 0.4) is 0 Å². The average Bonchev–Trinajstić information content (AvgIpc) is 2.73. The number of carbonyl (C=O) groups is 1. The second kappa shape index (κ2) is 8.96. The first-order valence-electron chi connectivity index (χ1n) is 10.2. The van der Waals surface area contributed by atoms with Crippen molar-refractivity contribution < 1.29 is 18.7 Å². The van der Waals surface area contributed by atoms with Crippen LogP contribution in [0.25, 0.3) is 11.3 Å². The number of benzene rings is 2. The Kier molecular flexibility index (Phi) is 6.67. The lowest BCUT2D eigenvalue weighted by Gasteiger charge is -2.32. The number of rotatable bonds is 5. The summed E-state index contributed by atoms with van der Waals surface area (Å²) in [6.45, 7) is 6.92. The minimum Gasteiger partial charge on any atom is -0.380 e. The first kappa shape index (κ1) is 23.8. The van der Waals surface area contributed by atoms with E-state index < -0.39 is 22.7 Å². The van der Waals surface area contributed by atoms with E-state index in [2.05, 4.69) is 10.3 Å². The van der Waals surface area contributed by atoms with E-state index in [9.17, 15) is 18.7 Å². The van der Waals surface area contributed by atoms with Crippen LogP contribution in [0.4, 0.5) is 14.5 Å².